The van der Waals surface area contributed by atoms with Gasteiger partial charge in [-0.25, -0.2) is 4.98 Å². The zero-order chi connectivity index (χ0) is 14.9. The molecule has 0 spiro atoms. The lowest BCUT2D eigenvalue weighted by molar-refractivity contribution is 1.28. The third-order valence-electron chi connectivity index (χ3n) is 3.46. The minimum atomic E-state index is -0.116. The van der Waals surface area contributed by atoms with Gasteiger partial charge in [0.05, 0.1) is 11.3 Å². The first-order valence-electron chi connectivity index (χ1n) is 6.79. The number of para-hydroxylation sites is 1. The topological polar surface area (TPSA) is 58.6 Å². The fourth-order valence-corrected chi connectivity index (χ4v) is 3.20. The smallest absolute Gasteiger partial charge is 0.258 e. The van der Waals surface area contributed by atoms with Crippen LogP contribution in [0.25, 0.3) is 32.7 Å². The highest BCUT2D eigenvalue weighted by molar-refractivity contribution is 7.13. The van der Waals surface area contributed by atoms with E-state index < -0.39 is 0 Å². The Bertz CT molecular complexity index is 1010. The fraction of sp³-hybridized carbons (Fsp3) is 0. The molecule has 1 N–H and O–H groups in total. The molecule has 0 atom stereocenters. The van der Waals surface area contributed by atoms with E-state index in [-0.39, 0.29) is 5.56 Å². The Hall–Kier alpha value is -2.79. The second-order valence-electron chi connectivity index (χ2n) is 4.87. The van der Waals surface area contributed by atoms with Crippen LogP contribution in [0.4, 0.5) is 0 Å². The van der Waals surface area contributed by atoms with Crippen molar-refractivity contribution in [1.82, 2.24) is 15.0 Å². The molecular weight excluding hydrogens is 294 g/mol. The van der Waals surface area contributed by atoms with E-state index in [4.69, 9.17) is 0 Å². The number of hydrogen-bond donors (Lipinski definition) is 1. The Morgan fingerprint density at radius 2 is 1.86 bits per heavy atom. The minimum absolute atomic E-state index is 0.116. The molecule has 22 heavy (non-hydrogen) atoms. The van der Waals surface area contributed by atoms with Gasteiger partial charge in [-0.3, -0.25) is 9.78 Å². The first-order chi connectivity index (χ1) is 10.8. The molecule has 4 aromatic rings. The van der Waals surface area contributed by atoms with Crippen LogP contribution in [0.2, 0.25) is 0 Å². The van der Waals surface area contributed by atoms with E-state index in [1.165, 1.54) is 11.3 Å². The summed E-state index contributed by atoms with van der Waals surface area (Å²) < 4.78 is 0. The Kier molecular flexibility index (Phi) is 3.05. The highest BCUT2D eigenvalue weighted by Gasteiger charge is 2.11. The molecule has 0 bridgehead atoms. The number of aromatic nitrogens is 3. The van der Waals surface area contributed by atoms with E-state index in [9.17, 15) is 4.79 Å². The zero-order valence-corrected chi connectivity index (χ0v) is 12.3. The van der Waals surface area contributed by atoms with Gasteiger partial charge < -0.3 is 4.98 Å². The van der Waals surface area contributed by atoms with Gasteiger partial charge in [0.15, 0.2) is 0 Å². The summed E-state index contributed by atoms with van der Waals surface area (Å²) in [4.78, 5) is 23.8. The van der Waals surface area contributed by atoms with Crippen molar-refractivity contribution in [3.63, 3.8) is 0 Å². The number of thiazole rings is 1. The number of pyridine rings is 2. The Labute approximate surface area is 130 Å². The number of benzene rings is 1. The van der Waals surface area contributed by atoms with E-state index in [2.05, 4.69) is 15.0 Å². The zero-order valence-electron chi connectivity index (χ0n) is 11.5. The molecule has 0 aliphatic heterocycles. The van der Waals surface area contributed by atoms with Crippen LogP contribution in [-0.4, -0.2) is 15.0 Å². The monoisotopic (exact) mass is 305 g/mol. The molecule has 4 rings (SSSR count). The molecule has 0 amide bonds. The minimum Gasteiger partial charge on any atom is -0.321 e. The highest BCUT2D eigenvalue weighted by Crippen LogP contribution is 2.27. The quantitative estimate of drug-likeness (QED) is 0.614. The van der Waals surface area contributed by atoms with Crippen LogP contribution in [-0.2, 0) is 0 Å². The number of rotatable bonds is 2. The van der Waals surface area contributed by atoms with E-state index in [0.29, 0.717) is 5.56 Å². The SMILES string of the molecule is O=c1[nH]c2ccccc2cc1-c1nc(-c2ccncc2)cs1. The average molecular weight is 305 g/mol. The van der Waals surface area contributed by atoms with Crippen LogP contribution in [0.3, 0.4) is 0 Å². The summed E-state index contributed by atoms with van der Waals surface area (Å²) in [5.74, 6) is 0. The van der Waals surface area contributed by atoms with Crippen molar-refractivity contribution in [1.29, 1.82) is 0 Å². The first kappa shape index (κ1) is 12.9. The highest BCUT2D eigenvalue weighted by atomic mass is 32.1. The summed E-state index contributed by atoms with van der Waals surface area (Å²) in [5, 5.41) is 3.68. The van der Waals surface area contributed by atoms with Crippen LogP contribution in [0.5, 0.6) is 0 Å². The maximum absolute atomic E-state index is 12.3. The van der Waals surface area contributed by atoms with E-state index in [1.807, 2.05) is 47.8 Å². The van der Waals surface area contributed by atoms with Gasteiger partial charge in [0.25, 0.3) is 5.56 Å². The van der Waals surface area contributed by atoms with Crippen LogP contribution in [0, 0.1) is 0 Å². The summed E-state index contributed by atoms with van der Waals surface area (Å²) in [5.41, 5.74) is 3.17. The molecule has 106 valence electrons. The molecule has 3 heterocycles. The third kappa shape index (κ3) is 2.21. The van der Waals surface area contributed by atoms with Gasteiger partial charge in [0, 0.05) is 28.9 Å². The van der Waals surface area contributed by atoms with Crippen molar-refractivity contribution in [3.05, 3.63) is 70.6 Å². The molecule has 0 saturated carbocycles. The predicted molar refractivity (Wildman–Crippen MR) is 88.9 cm³/mol. The molecule has 1 aromatic carbocycles. The molecule has 0 saturated heterocycles. The third-order valence-corrected chi connectivity index (χ3v) is 4.34. The van der Waals surface area contributed by atoms with E-state index in [1.54, 1.807) is 12.4 Å². The maximum atomic E-state index is 12.3. The molecule has 0 unspecified atom stereocenters. The van der Waals surface area contributed by atoms with Crippen molar-refractivity contribution < 1.29 is 0 Å². The molecular formula is C17H11N3OS. The predicted octanol–water partition coefficient (Wildman–Crippen LogP) is 3.71. The van der Waals surface area contributed by atoms with Crippen molar-refractivity contribution in [3.8, 4) is 21.8 Å². The van der Waals surface area contributed by atoms with E-state index >= 15 is 0 Å². The van der Waals surface area contributed by atoms with Crippen molar-refractivity contribution >= 4 is 22.2 Å². The van der Waals surface area contributed by atoms with Gasteiger partial charge in [0.1, 0.15) is 5.01 Å². The standard InChI is InChI=1S/C17H11N3OS/c21-16-13(9-12-3-1-2-4-14(12)19-16)17-20-15(10-22-17)11-5-7-18-8-6-11/h1-10H,(H,19,21). The van der Waals surface area contributed by atoms with Crippen LogP contribution in [0.1, 0.15) is 0 Å². The summed E-state index contributed by atoms with van der Waals surface area (Å²) in [7, 11) is 0. The largest absolute Gasteiger partial charge is 0.321 e. The Balaban J connectivity index is 1.84. The lowest BCUT2D eigenvalue weighted by atomic mass is 10.1. The number of nitrogens with zero attached hydrogens (tertiary/aromatic N) is 2. The second-order valence-corrected chi connectivity index (χ2v) is 5.73. The number of nitrogens with one attached hydrogen (secondary N) is 1. The van der Waals surface area contributed by atoms with Crippen molar-refractivity contribution in [2.75, 3.05) is 0 Å². The van der Waals surface area contributed by atoms with Crippen molar-refractivity contribution in [2.45, 2.75) is 0 Å². The number of hydrogen-bond acceptors (Lipinski definition) is 4. The lowest BCUT2D eigenvalue weighted by Gasteiger charge is -2.00. The molecule has 0 fully saturated rings. The lowest BCUT2D eigenvalue weighted by Crippen LogP contribution is -2.08. The Morgan fingerprint density at radius 1 is 1.05 bits per heavy atom. The van der Waals surface area contributed by atoms with Gasteiger partial charge in [-0.15, -0.1) is 11.3 Å². The van der Waals surface area contributed by atoms with Gasteiger partial charge in [-0.2, -0.15) is 0 Å². The van der Waals surface area contributed by atoms with Crippen LogP contribution >= 0.6 is 11.3 Å². The molecule has 0 aliphatic carbocycles. The summed E-state index contributed by atoms with van der Waals surface area (Å²) in [6.07, 6.45) is 3.47. The molecule has 0 aliphatic rings. The number of fused-ring (bicyclic) bond motifs is 1. The van der Waals surface area contributed by atoms with Gasteiger partial charge in [0.2, 0.25) is 0 Å². The molecule has 3 aromatic heterocycles. The summed E-state index contributed by atoms with van der Waals surface area (Å²) in [6.45, 7) is 0. The van der Waals surface area contributed by atoms with Crippen molar-refractivity contribution in [2.24, 2.45) is 0 Å². The first-order valence-corrected chi connectivity index (χ1v) is 7.67. The number of H-pyrrole nitrogens is 1. The molecule has 4 nitrogen and oxygen atoms in total. The molecule has 0 radical (unpaired) electrons. The fourth-order valence-electron chi connectivity index (χ4n) is 2.36. The van der Waals surface area contributed by atoms with Gasteiger partial charge >= 0.3 is 0 Å². The second kappa shape index (κ2) is 5.20. The Morgan fingerprint density at radius 3 is 2.73 bits per heavy atom. The molecule has 5 heteroatoms. The van der Waals surface area contributed by atoms with Gasteiger partial charge in [-0.1, -0.05) is 18.2 Å². The van der Waals surface area contributed by atoms with Crippen LogP contribution < -0.4 is 5.56 Å². The summed E-state index contributed by atoms with van der Waals surface area (Å²) in [6, 6.07) is 13.4. The average Bonchev–Trinajstić information content (AvgIpc) is 3.05. The summed E-state index contributed by atoms with van der Waals surface area (Å²) >= 11 is 1.47. The van der Waals surface area contributed by atoms with E-state index in [0.717, 1.165) is 27.2 Å². The van der Waals surface area contributed by atoms with Gasteiger partial charge in [-0.05, 0) is 29.7 Å². The number of aromatic amines is 1. The maximum Gasteiger partial charge on any atom is 0.258 e. The normalized spacial score (nSPS) is 10.9. The van der Waals surface area contributed by atoms with Crippen LogP contribution in [0.15, 0.2) is 65.0 Å².